The molecule has 0 aliphatic rings. The maximum absolute atomic E-state index is 10.8. The van der Waals surface area contributed by atoms with Crippen LogP contribution in [0.15, 0.2) is 24.3 Å². The fourth-order valence-corrected chi connectivity index (χ4v) is 1.24. The molecule has 0 amide bonds. The summed E-state index contributed by atoms with van der Waals surface area (Å²) in [4.78, 5) is 10.8. The lowest BCUT2D eigenvalue weighted by molar-refractivity contribution is 0.108. The van der Waals surface area contributed by atoms with E-state index in [0.717, 1.165) is 5.69 Å². The van der Waals surface area contributed by atoms with E-state index in [-0.39, 0.29) is 5.88 Å². The molecule has 0 heterocycles. The Hall–Kier alpha value is -0.770. The average molecular weight is 248 g/mol. The number of carbonyl (C=O) groups is 1. The number of halogens is 2. The van der Waals surface area contributed by atoms with E-state index in [4.69, 9.17) is 23.2 Å². The molecule has 82 valence electrons. The molecule has 0 aliphatic carbocycles. The first kappa shape index (κ1) is 12.3. The first-order chi connectivity index (χ1) is 7.13. The van der Waals surface area contributed by atoms with Crippen molar-refractivity contribution in [2.24, 2.45) is 0 Å². The predicted molar refractivity (Wildman–Crippen MR) is 61.8 cm³/mol. The molecule has 1 aromatic rings. The van der Waals surface area contributed by atoms with Crippen LogP contribution in [0.1, 0.15) is 10.4 Å². The number of nitrogens with one attached hydrogen (secondary N) is 1. The van der Waals surface area contributed by atoms with E-state index >= 15 is 0 Å². The van der Waals surface area contributed by atoms with Crippen LogP contribution in [0.5, 0.6) is 0 Å². The van der Waals surface area contributed by atoms with Gasteiger partial charge < -0.3 is 10.4 Å². The molecule has 1 rings (SSSR count). The van der Waals surface area contributed by atoms with Crippen LogP contribution in [0.3, 0.4) is 0 Å². The van der Waals surface area contributed by atoms with Gasteiger partial charge in [0.2, 0.25) is 0 Å². The van der Waals surface area contributed by atoms with Crippen LogP contribution in [0.25, 0.3) is 0 Å². The monoisotopic (exact) mass is 247 g/mol. The minimum absolute atomic E-state index is 0.186. The largest absolute Gasteiger partial charge is 0.390 e. The predicted octanol–water partition coefficient (Wildman–Crippen LogP) is 2.08. The van der Waals surface area contributed by atoms with E-state index in [1.54, 1.807) is 24.3 Å². The summed E-state index contributed by atoms with van der Waals surface area (Å²) >= 11 is 10.7. The third-order valence-electron chi connectivity index (χ3n) is 1.83. The summed E-state index contributed by atoms with van der Waals surface area (Å²) in [6.45, 7) is 0.373. The van der Waals surface area contributed by atoms with Gasteiger partial charge in [-0.25, -0.2) is 0 Å². The number of alkyl halides is 1. The van der Waals surface area contributed by atoms with Crippen molar-refractivity contribution in [2.45, 2.75) is 6.10 Å². The zero-order valence-corrected chi connectivity index (χ0v) is 9.42. The fraction of sp³-hybridized carbons (Fsp3) is 0.300. The normalized spacial score (nSPS) is 12.2. The molecular formula is C10H11Cl2NO2. The smallest absolute Gasteiger partial charge is 0.252 e. The third kappa shape index (κ3) is 4.08. The van der Waals surface area contributed by atoms with E-state index in [9.17, 15) is 9.90 Å². The first-order valence-corrected chi connectivity index (χ1v) is 5.32. The molecule has 3 nitrogen and oxygen atoms in total. The Morgan fingerprint density at radius 2 is 2.00 bits per heavy atom. The second-order valence-corrected chi connectivity index (χ2v) is 3.69. The van der Waals surface area contributed by atoms with Gasteiger partial charge in [-0.3, -0.25) is 4.79 Å². The van der Waals surface area contributed by atoms with Gasteiger partial charge in [-0.1, -0.05) is 0 Å². The van der Waals surface area contributed by atoms with E-state index in [0.29, 0.717) is 12.1 Å². The van der Waals surface area contributed by atoms with Crippen LogP contribution in [0.2, 0.25) is 0 Å². The van der Waals surface area contributed by atoms with Crippen molar-refractivity contribution >= 4 is 34.1 Å². The highest BCUT2D eigenvalue weighted by molar-refractivity contribution is 6.67. The standard InChI is InChI=1S/C10H11Cl2NO2/c11-5-9(14)6-13-8-3-1-7(2-4-8)10(12)15/h1-4,9,13-14H,5-6H2. The molecule has 1 atom stereocenters. The lowest BCUT2D eigenvalue weighted by Gasteiger charge is -2.09. The topological polar surface area (TPSA) is 49.3 Å². The lowest BCUT2D eigenvalue weighted by Crippen LogP contribution is -2.20. The molecule has 0 radical (unpaired) electrons. The second kappa shape index (κ2) is 5.95. The van der Waals surface area contributed by atoms with Gasteiger partial charge in [0.05, 0.1) is 12.0 Å². The third-order valence-corrected chi connectivity index (χ3v) is 2.41. The Kier molecular flexibility index (Phi) is 4.88. The molecule has 0 saturated heterocycles. The molecule has 2 N–H and O–H groups in total. The molecule has 0 aromatic heterocycles. The molecule has 0 fully saturated rings. The summed E-state index contributed by atoms with van der Waals surface area (Å²) < 4.78 is 0. The van der Waals surface area contributed by atoms with Gasteiger partial charge in [0, 0.05) is 17.8 Å². The SMILES string of the molecule is O=C(Cl)c1ccc(NCC(O)CCl)cc1. The number of rotatable bonds is 5. The van der Waals surface area contributed by atoms with Gasteiger partial charge in [0.1, 0.15) is 0 Å². The van der Waals surface area contributed by atoms with Crippen molar-refractivity contribution in [3.8, 4) is 0 Å². The van der Waals surface area contributed by atoms with Gasteiger partial charge in [0.25, 0.3) is 5.24 Å². The van der Waals surface area contributed by atoms with Crippen LogP contribution in [-0.4, -0.2) is 28.9 Å². The highest BCUT2D eigenvalue weighted by Gasteiger charge is 2.03. The maximum Gasteiger partial charge on any atom is 0.252 e. The van der Waals surface area contributed by atoms with Gasteiger partial charge in [0.15, 0.2) is 0 Å². The number of hydrogen-bond donors (Lipinski definition) is 2. The van der Waals surface area contributed by atoms with Crippen LogP contribution in [-0.2, 0) is 0 Å². The van der Waals surface area contributed by atoms with E-state index in [1.165, 1.54) is 0 Å². The number of carbonyl (C=O) groups excluding carboxylic acids is 1. The summed E-state index contributed by atoms with van der Waals surface area (Å²) in [5.74, 6) is 0.186. The number of benzene rings is 1. The van der Waals surface area contributed by atoms with Crippen molar-refractivity contribution in [1.82, 2.24) is 0 Å². The van der Waals surface area contributed by atoms with E-state index in [1.807, 2.05) is 0 Å². The lowest BCUT2D eigenvalue weighted by atomic mass is 10.2. The summed E-state index contributed by atoms with van der Waals surface area (Å²) in [6.07, 6.45) is -0.582. The van der Waals surface area contributed by atoms with Crippen LogP contribution >= 0.6 is 23.2 Å². The number of hydrogen-bond acceptors (Lipinski definition) is 3. The quantitative estimate of drug-likeness (QED) is 0.619. The van der Waals surface area contributed by atoms with Crippen molar-refractivity contribution in [3.63, 3.8) is 0 Å². The van der Waals surface area contributed by atoms with Crippen LogP contribution in [0.4, 0.5) is 5.69 Å². The molecule has 0 aliphatic heterocycles. The molecule has 0 bridgehead atoms. The number of anilines is 1. The fourth-order valence-electron chi connectivity index (χ4n) is 1.01. The highest BCUT2D eigenvalue weighted by atomic mass is 35.5. The van der Waals surface area contributed by atoms with Crippen molar-refractivity contribution in [3.05, 3.63) is 29.8 Å². The van der Waals surface area contributed by atoms with Gasteiger partial charge in [-0.15, -0.1) is 11.6 Å². The summed E-state index contributed by atoms with van der Waals surface area (Å²) in [5, 5.41) is 11.7. The van der Waals surface area contributed by atoms with Crippen LogP contribution in [0, 0.1) is 0 Å². The molecular weight excluding hydrogens is 237 g/mol. The Morgan fingerprint density at radius 1 is 1.40 bits per heavy atom. The van der Waals surface area contributed by atoms with Gasteiger partial charge in [-0.2, -0.15) is 0 Å². The van der Waals surface area contributed by atoms with E-state index in [2.05, 4.69) is 5.32 Å². The van der Waals surface area contributed by atoms with Gasteiger partial charge in [-0.05, 0) is 35.9 Å². The molecule has 0 saturated carbocycles. The van der Waals surface area contributed by atoms with E-state index < -0.39 is 11.3 Å². The Labute approximate surface area is 98.0 Å². The van der Waals surface area contributed by atoms with Crippen molar-refractivity contribution in [1.29, 1.82) is 0 Å². The zero-order valence-electron chi connectivity index (χ0n) is 7.91. The minimum atomic E-state index is -0.582. The van der Waals surface area contributed by atoms with Gasteiger partial charge >= 0.3 is 0 Å². The minimum Gasteiger partial charge on any atom is -0.390 e. The second-order valence-electron chi connectivity index (χ2n) is 3.04. The zero-order chi connectivity index (χ0) is 11.3. The Bertz CT molecular complexity index is 327. The summed E-state index contributed by atoms with van der Waals surface area (Å²) in [7, 11) is 0. The average Bonchev–Trinajstić information content (AvgIpc) is 2.26. The Morgan fingerprint density at radius 3 is 2.47 bits per heavy atom. The number of aliphatic hydroxyl groups is 1. The van der Waals surface area contributed by atoms with Crippen molar-refractivity contribution in [2.75, 3.05) is 17.7 Å². The molecule has 1 unspecified atom stereocenters. The number of aliphatic hydroxyl groups excluding tert-OH is 1. The maximum atomic E-state index is 10.8. The molecule has 5 heteroatoms. The summed E-state index contributed by atoms with van der Waals surface area (Å²) in [6, 6.07) is 6.67. The van der Waals surface area contributed by atoms with Crippen LogP contribution < -0.4 is 5.32 Å². The Balaban J connectivity index is 2.53. The molecule has 15 heavy (non-hydrogen) atoms. The highest BCUT2D eigenvalue weighted by Crippen LogP contribution is 2.11. The molecule has 0 spiro atoms. The first-order valence-electron chi connectivity index (χ1n) is 4.41. The van der Waals surface area contributed by atoms with Crippen molar-refractivity contribution < 1.29 is 9.90 Å². The molecule has 1 aromatic carbocycles. The summed E-state index contributed by atoms with van der Waals surface area (Å²) in [5.41, 5.74) is 1.25.